The van der Waals surface area contributed by atoms with E-state index >= 15 is 0 Å². The maximum absolute atomic E-state index is 14.6. The second kappa shape index (κ2) is 11.8. The highest BCUT2D eigenvalue weighted by Crippen LogP contribution is 2.50. The molecule has 0 bridgehead atoms. The zero-order chi connectivity index (χ0) is 26.6. The molecule has 38 heavy (non-hydrogen) atoms. The van der Waals surface area contributed by atoms with E-state index in [9.17, 15) is 13.6 Å². The number of rotatable bonds is 11. The molecule has 2 aliphatic heterocycles. The molecule has 2 atom stereocenters. The number of hydrogen-bond acceptors (Lipinski definition) is 7. The summed E-state index contributed by atoms with van der Waals surface area (Å²) in [7, 11) is 1.58. The highest BCUT2D eigenvalue weighted by molar-refractivity contribution is 5.79. The standard InChI is InChI=1S/C28H36F2N4O4/c1-3-37-21-14-31-28(32-15-21)33-7-4-18(5-8-33)23-10-19(23)6-9-38-20-11-25(29)24(26(30)12-20)13-27(35)34-16-22(17-34)36-2/h11-12,14-15,18-19,22-23H,3-10,13,16-17H2,1-2H3. The van der Waals surface area contributed by atoms with Gasteiger partial charge >= 0.3 is 0 Å². The Kier molecular flexibility index (Phi) is 8.26. The molecule has 1 aliphatic carbocycles. The normalized spacial score (nSPS) is 21.8. The molecule has 2 saturated heterocycles. The summed E-state index contributed by atoms with van der Waals surface area (Å²) in [5.41, 5.74) is -0.215. The number of hydrogen-bond donors (Lipinski definition) is 0. The monoisotopic (exact) mass is 530 g/mol. The molecule has 206 valence electrons. The van der Waals surface area contributed by atoms with Crippen molar-refractivity contribution in [1.29, 1.82) is 0 Å². The predicted molar refractivity (Wildman–Crippen MR) is 137 cm³/mol. The number of ether oxygens (including phenoxy) is 3. The number of carbonyl (C=O) groups is 1. The first-order valence-electron chi connectivity index (χ1n) is 13.6. The molecule has 1 amide bonds. The first kappa shape index (κ1) is 26.6. The van der Waals surface area contributed by atoms with Gasteiger partial charge in [0.25, 0.3) is 0 Å². The largest absolute Gasteiger partial charge is 0.493 e. The van der Waals surface area contributed by atoms with Gasteiger partial charge in [0.2, 0.25) is 11.9 Å². The SMILES string of the molecule is CCOc1cnc(N2CCC(C3CC3CCOc3cc(F)c(CC(=O)N4CC(OC)C4)c(F)c3)CC2)nc1. The molecule has 2 aromatic rings. The Balaban J connectivity index is 1.03. The van der Waals surface area contributed by atoms with E-state index < -0.39 is 11.6 Å². The quantitative estimate of drug-likeness (QED) is 0.437. The van der Waals surface area contributed by atoms with Crippen molar-refractivity contribution in [2.45, 2.75) is 45.1 Å². The van der Waals surface area contributed by atoms with E-state index in [1.807, 2.05) is 6.92 Å². The minimum absolute atomic E-state index is 0.00189. The van der Waals surface area contributed by atoms with Gasteiger partial charge in [-0.25, -0.2) is 18.7 Å². The van der Waals surface area contributed by atoms with Crippen molar-refractivity contribution in [3.8, 4) is 11.5 Å². The molecule has 1 aromatic carbocycles. The fraction of sp³-hybridized carbons (Fsp3) is 0.607. The van der Waals surface area contributed by atoms with Gasteiger partial charge in [-0.15, -0.1) is 0 Å². The second-order valence-corrected chi connectivity index (χ2v) is 10.5. The summed E-state index contributed by atoms with van der Waals surface area (Å²) in [6, 6.07) is 2.37. The second-order valence-electron chi connectivity index (χ2n) is 10.5. The highest BCUT2D eigenvalue weighted by atomic mass is 19.1. The van der Waals surface area contributed by atoms with E-state index in [-0.39, 0.29) is 29.7 Å². The predicted octanol–water partition coefficient (Wildman–Crippen LogP) is 3.87. The van der Waals surface area contributed by atoms with Crippen molar-refractivity contribution in [2.24, 2.45) is 17.8 Å². The molecule has 10 heteroatoms. The fourth-order valence-electron chi connectivity index (χ4n) is 5.64. The Hall–Kier alpha value is -3.01. The smallest absolute Gasteiger partial charge is 0.227 e. The van der Waals surface area contributed by atoms with Crippen molar-refractivity contribution in [1.82, 2.24) is 14.9 Å². The molecular formula is C28H36F2N4O4. The molecule has 3 aliphatic rings. The molecule has 5 rings (SSSR count). The van der Waals surface area contributed by atoms with Crippen LogP contribution in [-0.4, -0.2) is 73.4 Å². The van der Waals surface area contributed by atoms with Gasteiger partial charge in [0.05, 0.1) is 38.1 Å². The van der Waals surface area contributed by atoms with Crippen LogP contribution in [0.3, 0.4) is 0 Å². The Morgan fingerprint density at radius 3 is 2.37 bits per heavy atom. The third-order valence-corrected chi connectivity index (χ3v) is 8.06. The number of piperidine rings is 1. The van der Waals surface area contributed by atoms with Gasteiger partial charge in [-0.1, -0.05) is 0 Å². The van der Waals surface area contributed by atoms with Gasteiger partial charge in [0.1, 0.15) is 17.4 Å². The van der Waals surface area contributed by atoms with Crippen molar-refractivity contribution in [3.05, 3.63) is 41.7 Å². The van der Waals surface area contributed by atoms with Crippen molar-refractivity contribution < 1.29 is 27.8 Å². The summed E-state index contributed by atoms with van der Waals surface area (Å²) in [6.45, 7) is 5.75. The number of amides is 1. The number of carbonyl (C=O) groups excluding carboxylic acids is 1. The summed E-state index contributed by atoms with van der Waals surface area (Å²) in [5.74, 6) is 1.76. The molecule has 3 heterocycles. The number of aromatic nitrogens is 2. The van der Waals surface area contributed by atoms with E-state index in [0.29, 0.717) is 49.8 Å². The third kappa shape index (κ3) is 6.17. The van der Waals surface area contributed by atoms with E-state index in [1.165, 1.54) is 18.6 Å². The fourth-order valence-corrected chi connectivity index (χ4v) is 5.64. The number of likely N-dealkylation sites (tertiary alicyclic amines) is 1. The van der Waals surface area contributed by atoms with Crippen molar-refractivity contribution >= 4 is 11.9 Å². The molecule has 0 radical (unpaired) electrons. The van der Waals surface area contributed by atoms with E-state index in [4.69, 9.17) is 14.2 Å². The number of methoxy groups -OCH3 is 1. The number of benzene rings is 1. The van der Waals surface area contributed by atoms with Crippen molar-refractivity contribution in [2.75, 3.05) is 51.4 Å². The molecular weight excluding hydrogens is 494 g/mol. The molecule has 1 aromatic heterocycles. The van der Waals surface area contributed by atoms with Crippen LogP contribution in [0.1, 0.15) is 38.2 Å². The average molecular weight is 531 g/mol. The van der Waals surface area contributed by atoms with Gasteiger partial charge < -0.3 is 24.0 Å². The van der Waals surface area contributed by atoms with E-state index in [1.54, 1.807) is 24.4 Å². The summed E-state index contributed by atoms with van der Waals surface area (Å²) >= 11 is 0. The first-order chi connectivity index (χ1) is 18.4. The van der Waals surface area contributed by atoms with Crippen LogP contribution < -0.4 is 14.4 Å². The van der Waals surface area contributed by atoms with Crippen LogP contribution in [0.4, 0.5) is 14.7 Å². The lowest BCUT2D eigenvalue weighted by atomic mass is 9.90. The van der Waals surface area contributed by atoms with E-state index in [0.717, 1.165) is 38.3 Å². The van der Waals surface area contributed by atoms with Crippen LogP contribution in [-0.2, 0) is 16.0 Å². The number of halogens is 2. The summed E-state index contributed by atoms with van der Waals surface area (Å²) in [6.07, 6.45) is 7.42. The number of nitrogens with zero attached hydrogens (tertiary/aromatic N) is 4. The summed E-state index contributed by atoms with van der Waals surface area (Å²) in [5, 5.41) is 0. The lowest BCUT2D eigenvalue weighted by Crippen LogP contribution is -2.54. The number of anilines is 1. The first-order valence-corrected chi connectivity index (χ1v) is 13.6. The van der Waals surface area contributed by atoms with Gasteiger partial charge in [-0.05, 0) is 50.4 Å². The minimum Gasteiger partial charge on any atom is -0.493 e. The Morgan fingerprint density at radius 1 is 1.05 bits per heavy atom. The average Bonchev–Trinajstić information content (AvgIpc) is 3.66. The molecule has 1 saturated carbocycles. The third-order valence-electron chi connectivity index (χ3n) is 8.06. The van der Waals surface area contributed by atoms with Crippen LogP contribution in [0.15, 0.2) is 24.5 Å². The summed E-state index contributed by atoms with van der Waals surface area (Å²) < 4.78 is 45.4. The lowest BCUT2D eigenvalue weighted by Gasteiger charge is -2.38. The molecule has 3 fully saturated rings. The molecule has 8 nitrogen and oxygen atoms in total. The zero-order valence-corrected chi connectivity index (χ0v) is 22.1. The van der Waals surface area contributed by atoms with Crippen LogP contribution in [0, 0.1) is 29.4 Å². The Labute approximate surface area is 222 Å². The van der Waals surface area contributed by atoms with Crippen molar-refractivity contribution in [3.63, 3.8) is 0 Å². The van der Waals surface area contributed by atoms with Crippen LogP contribution in [0.5, 0.6) is 11.5 Å². The lowest BCUT2D eigenvalue weighted by molar-refractivity contribution is -0.142. The van der Waals surface area contributed by atoms with Gasteiger partial charge in [-0.2, -0.15) is 0 Å². The summed E-state index contributed by atoms with van der Waals surface area (Å²) in [4.78, 5) is 24.9. The van der Waals surface area contributed by atoms with Gasteiger partial charge in [0, 0.05) is 51.0 Å². The Bertz CT molecular complexity index is 1080. The molecule has 0 N–H and O–H groups in total. The van der Waals surface area contributed by atoms with Gasteiger partial charge in [0.15, 0.2) is 5.75 Å². The van der Waals surface area contributed by atoms with Gasteiger partial charge in [-0.3, -0.25) is 4.79 Å². The van der Waals surface area contributed by atoms with Crippen LogP contribution in [0.25, 0.3) is 0 Å². The molecule has 0 spiro atoms. The maximum Gasteiger partial charge on any atom is 0.227 e. The van der Waals surface area contributed by atoms with Crippen LogP contribution in [0.2, 0.25) is 0 Å². The van der Waals surface area contributed by atoms with E-state index in [2.05, 4.69) is 14.9 Å². The Morgan fingerprint density at radius 2 is 1.74 bits per heavy atom. The molecule has 2 unspecified atom stereocenters. The highest BCUT2D eigenvalue weighted by Gasteiger charge is 2.43. The maximum atomic E-state index is 14.6. The topological polar surface area (TPSA) is 77.0 Å². The van der Waals surface area contributed by atoms with Crippen LogP contribution >= 0.6 is 0 Å². The zero-order valence-electron chi connectivity index (χ0n) is 22.1. The minimum atomic E-state index is -0.746.